The number of fused-ring (bicyclic) bond motifs is 1. The molecular weight excluding hydrogens is 995 g/mol. The number of carbonyl (C=O) groups excluding carboxylic acids is 8. The van der Waals surface area contributed by atoms with Gasteiger partial charge in [0.15, 0.2) is 0 Å². The average molecular weight is 1060 g/mol. The zero-order valence-corrected chi connectivity index (χ0v) is 43.2. The standard InChI is InChI=1S/C50H69N11O11S2/c1-27(62)41(43(53)65)59-47(69)39(26-74)58-49(71)42(28(2)63)60-48(70)40(15-9-10-20-51)61(3)50(72)37(23-31-24-54-35-14-8-7-13-33(31)35)56-45(67)36(22-29-11-5-4-6-12-29)55-46(68)38(25-73)57-44(66)34(52)21-30-16-18-32(64)19-17-30/h4-8,11-14,16-19,24,27-28,34,36-42,54,62-64,73-74H,9-10,15,20-23,25-26,51-52H2,1-3H3,(H2,53,65)(H,55,68)(H,56,67)(H,57,66)(H,58,71)(H,59,69)(H,60,70)/t27-,28-,34+,36+,37-,38+,39+,40+,41+,42+/m1/s1. The Morgan fingerprint density at radius 2 is 1.15 bits per heavy atom. The van der Waals surface area contributed by atoms with Gasteiger partial charge in [-0.25, -0.2) is 0 Å². The van der Waals surface area contributed by atoms with Gasteiger partial charge < -0.3 is 74.3 Å². The minimum atomic E-state index is -1.70. The molecule has 1 heterocycles. The first-order valence-electron chi connectivity index (χ1n) is 24.0. The molecule has 3 aromatic carbocycles. The van der Waals surface area contributed by atoms with Gasteiger partial charge in [0.25, 0.3) is 0 Å². The highest BCUT2D eigenvalue weighted by molar-refractivity contribution is 7.80. The monoisotopic (exact) mass is 1060 g/mol. The molecule has 0 saturated heterocycles. The van der Waals surface area contributed by atoms with Crippen LogP contribution in [0.4, 0.5) is 0 Å². The first-order chi connectivity index (χ1) is 35.2. The van der Waals surface area contributed by atoms with Crippen molar-refractivity contribution in [3.8, 4) is 5.75 Å². The number of nitrogens with two attached hydrogens (primary N) is 3. The molecule has 8 amide bonds. The van der Waals surface area contributed by atoms with E-state index in [4.69, 9.17) is 17.2 Å². The lowest BCUT2D eigenvalue weighted by atomic mass is 10.00. The molecule has 0 radical (unpaired) electrons. The number of rotatable bonds is 29. The summed E-state index contributed by atoms with van der Waals surface area (Å²) in [5, 5.41) is 46.4. The SMILES string of the molecule is C[C@@H](O)[C@H](NC(=O)[C@H](CS)NC(=O)[C@@H](NC(=O)[C@H](CCCCN)N(C)C(=O)[C@@H](Cc1c[nH]c2ccccc12)NC(=O)[C@H](Cc1ccccc1)NC(=O)[C@H](CS)NC(=O)[C@@H](N)Cc1ccc(O)cc1)[C@@H](C)O)C(N)=O. The highest BCUT2D eigenvalue weighted by Gasteiger charge is 2.38. The van der Waals surface area contributed by atoms with Crippen molar-refractivity contribution in [3.63, 3.8) is 0 Å². The molecule has 0 spiro atoms. The van der Waals surface area contributed by atoms with Gasteiger partial charge in [-0.1, -0.05) is 60.7 Å². The van der Waals surface area contributed by atoms with E-state index in [2.05, 4.69) is 62.1 Å². The summed E-state index contributed by atoms with van der Waals surface area (Å²) >= 11 is 8.44. The molecule has 74 heavy (non-hydrogen) atoms. The first-order valence-corrected chi connectivity index (χ1v) is 25.2. The molecule has 0 aliphatic rings. The molecule has 22 nitrogen and oxygen atoms in total. The molecule has 0 bridgehead atoms. The predicted molar refractivity (Wildman–Crippen MR) is 283 cm³/mol. The zero-order valence-electron chi connectivity index (χ0n) is 41.4. The van der Waals surface area contributed by atoms with Crippen LogP contribution in [0.3, 0.4) is 0 Å². The second-order valence-electron chi connectivity index (χ2n) is 17.9. The van der Waals surface area contributed by atoms with E-state index in [0.717, 1.165) is 15.8 Å². The Hall–Kier alpha value is -6.70. The second kappa shape index (κ2) is 29.3. The number of hydrogen-bond donors (Lipinski definition) is 15. The van der Waals surface area contributed by atoms with Gasteiger partial charge >= 0.3 is 0 Å². The molecule has 0 aliphatic carbocycles. The van der Waals surface area contributed by atoms with Crippen LogP contribution < -0.4 is 49.1 Å². The molecule has 0 unspecified atom stereocenters. The highest BCUT2D eigenvalue weighted by atomic mass is 32.1. The number of aliphatic hydroxyl groups excluding tert-OH is 2. The number of primary amides is 1. The summed E-state index contributed by atoms with van der Waals surface area (Å²) < 4.78 is 0. The van der Waals surface area contributed by atoms with Crippen LogP contribution in [-0.4, -0.2) is 158 Å². The summed E-state index contributed by atoms with van der Waals surface area (Å²) in [6.07, 6.45) is -0.608. The van der Waals surface area contributed by atoms with Crippen LogP contribution in [0.15, 0.2) is 85.1 Å². The van der Waals surface area contributed by atoms with Crippen LogP contribution in [-0.2, 0) is 57.6 Å². The number of H-pyrrole nitrogens is 1. The Bertz CT molecular complexity index is 2530. The van der Waals surface area contributed by atoms with Gasteiger partial charge in [0.2, 0.25) is 47.3 Å². The Labute approximate surface area is 439 Å². The lowest BCUT2D eigenvalue weighted by molar-refractivity contribution is -0.144. The summed E-state index contributed by atoms with van der Waals surface area (Å²) in [6, 6.07) is 11.1. The second-order valence-corrected chi connectivity index (χ2v) is 18.7. The largest absolute Gasteiger partial charge is 0.508 e. The van der Waals surface area contributed by atoms with Gasteiger partial charge in [-0.15, -0.1) is 0 Å². The Morgan fingerprint density at radius 3 is 1.74 bits per heavy atom. The average Bonchev–Trinajstić information content (AvgIpc) is 3.78. The van der Waals surface area contributed by atoms with Crippen molar-refractivity contribution >= 4 is 83.4 Å². The van der Waals surface area contributed by atoms with E-state index in [0.29, 0.717) is 29.5 Å². The summed E-state index contributed by atoms with van der Waals surface area (Å²) in [5.74, 6) is -7.36. The van der Waals surface area contributed by atoms with Crippen molar-refractivity contribution in [2.24, 2.45) is 17.2 Å². The lowest BCUT2D eigenvalue weighted by Gasteiger charge is -2.33. The number of nitrogens with zero attached hydrogens (tertiary/aromatic N) is 1. The number of aromatic hydroxyl groups is 1. The predicted octanol–water partition coefficient (Wildman–Crippen LogP) is -1.80. The van der Waals surface area contributed by atoms with E-state index in [1.54, 1.807) is 54.7 Å². The van der Waals surface area contributed by atoms with E-state index < -0.39 is 108 Å². The zero-order chi connectivity index (χ0) is 54.6. The van der Waals surface area contributed by atoms with Gasteiger partial charge in [0, 0.05) is 48.5 Å². The van der Waals surface area contributed by atoms with Crippen molar-refractivity contribution in [2.45, 2.75) is 113 Å². The van der Waals surface area contributed by atoms with E-state index in [-0.39, 0.29) is 49.5 Å². The minimum Gasteiger partial charge on any atom is -0.508 e. The summed E-state index contributed by atoms with van der Waals surface area (Å²) in [7, 11) is 1.34. The van der Waals surface area contributed by atoms with Gasteiger partial charge in [0.05, 0.1) is 18.2 Å². The van der Waals surface area contributed by atoms with Crippen molar-refractivity contribution in [1.29, 1.82) is 0 Å². The van der Waals surface area contributed by atoms with Crippen LogP contribution in [0.1, 0.15) is 49.8 Å². The molecule has 402 valence electrons. The number of unbranched alkanes of at least 4 members (excludes halogenated alkanes) is 1. The van der Waals surface area contributed by atoms with Crippen LogP contribution in [0, 0.1) is 0 Å². The fourth-order valence-corrected chi connectivity index (χ4v) is 8.47. The number of aromatic amines is 1. The van der Waals surface area contributed by atoms with Crippen LogP contribution >= 0.6 is 25.3 Å². The smallest absolute Gasteiger partial charge is 0.245 e. The number of phenolic OH excluding ortho intramolecular Hbond substituents is 1. The number of carbonyl (C=O) groups is 8. The van der Waals surface area contributed by atoms with Crippen molar-refractivity contribution in [1.82, 2.24) is 41.8 Å². The third kappa shape index (κ3) is 17.5. The first kappa shape index (κ1) is 59.9. The van der Waals surface area contributed by atoms with Gasteiger partial charge in [-0.3, -0.25) is 38.4 Å². The summed E-state index contributed by atoms with van der Waals surface area (Å²) in [5.41, 5.74) is 20.0. The van der Waals surface area contributed by atoms with E-state index >= 15 is 4.79 Å². The molecule has 0 aliphatic heterocycles. The molecule has 4 aromatic rings. The Morgan fingerprint density at radius 1 is 0.622 bits per heavy atom. The molecule has 10 atom stereocenters. The number of para-hydroxylation sites is 1. The lowest BCUT2D eigenvalue weighted by Crippen LogP contribution is -2.62. The molecule has 24 heteroatoms. The molecule has 16 N–H and O–H groups in total. The maximum Gasteiger partial charge on any atom is 0.245 e. The van der Waals surface area contributed by atoms with E-state index in [9.17, 15) is 48.9 Å². The molecular formula is C50H69N11O11S2. The number of nitrogens with one attached hydrogen (secondary N) is 7. The Balaban J connectivity index is 1.64. The number of thiol groups is 2. The highest BCUT2D eigenvalue weighted by Crippen LogP contribution is 2.21. The fourth-order valence-electron chi connectivity index (χ4n) is 7.95. The van der Waals surface area contributed by atoms with Gasteiger partial charge in [-0.2, -0.15) is 25.3 Å². The van der Waals surface area contributed by atoms with Crippen LogP contribution in [0.5, 0.6) is 5.75 Å². The number of aliphatic hydroxyl groups is 2. The maximum absolute atomic E-state index is 15.0. The van der Waals surface area contributed by atoms with Gasteiger partial charge in [0.1, 0.15) is 48.0 Å². The molecule has 0 fully saturated rings. The van der Waals surface area contributed by atoms with E-state index in [1.165, 1.54) is 33.0 Å². The summed E-state index contributed by atoms with van der Waals surface area (Å²) in [4.78, 5) is 114. The molecule has 1 aromatic heterocycles. The topological polar surface area (TPSA) is 367 Å². The number of hydrogen-bond acceptors (Lipinski definition) is 15. The van der Waals surface area contributed by atoms with Crippen molar-refractivity contribution in [2.75, 3.05) is 25.1 Å². The number of aromatic nitrogens is 1. The maximum atomic E-state index is 15.0. The third-order valence-electron chi connectivity index (χ3n) is 12.2. The molecule has 4 rings (SSSR count). The van der Waals surface area contributed by atoms with Gasteiger partial charge in [-0.05, 0) is 81.0 Å². The molecule has 0 saturated carbocycles. The van der Waals surface area contributed by atoms with Crippen molar-refractivity contribution in [3.05, 3.63) is 102 Å². The van der Waals surface area contributed by atoms with E-state index in [1.807, 2.05) is 18.2 Å². The van der Waals surface area contributed by atoms with Crippen LogP contribution in [0.2, 0.25) is 0 Å². The van der Waals surface area contributed by atoms with Crippen LogP contribution in [0.25, 0.3) is 10.9 Å². The van der Waals surface area contributed by atoms with Crippen molar-refractivity contribution < 1.29 is 53.7 Å². The quantitative estimate of drug-likeness (QED) is 0.0211. The normalized spacial score (nSPS) is 15.3. The number of amides is 8. The number of benzene rings is 3. The minimum absolute atomic E-state index is 0.00478. The fraction of sp³-hybridized carbons (Fsp3) is 0.440. The Kier molecular flexibility index (Phi) is 23.7. The third-order valence-corrected chi connectivity index (χ3v) is 12.9. The number of phenols is 1. The number of likely N-dealkylation sites (N-methyl/N-ethyl adjacent to an activating group) is 1. The summed E-state index contributed by atoms with van der Waals surface area (Å²) in [6.45, 7) is 2.68.